The Labute approximate surface area is 197 Å². The summed E-state index contributed by atoms with van der Waals surface area (Å²) >= 11 is 7.85. The summed E-state index contributed by atoms with van der Waals surface area (Å²) < 4.78 is 4.00. The number of benzene rings is 1. The molecule has 0 saturated heterocycles. The Hall–Kier alpha value is -2.95. The normalized spacial score (nSPS) is 11.0. The van der Waals surface area contributed by atoms with Gasteiger partial charge in [0.2, 0.25) is 5.91 Å². The molecule has 4 rings (SSSR count). The largest absolute Gasteiger partial charge is 0.304 e. The van der Waals surface area contributed by atoms with Crippen molar-refractivity contribution in [1.29, 1.82) is 0 Å². The first kappa shape index (κ1) is 22.3. The Bertz CT molecular complexity index is 1400. The third-order valence-corrected chi connectivity index (χ3v) is 6.99. The molecule has 0 atom stereocenters. The number of aromatic nitrogens is 4. The van der Waals surface area contributed by atoms with Gasteiger partial charge in [-0.05, 0) is 24.2 Å². The molecule has 10 heteroatoms. The lowest BCUT2D eigenvalue weighted by Crippen LogP contribution is -2.27. The van der Waals surface area contributed by atoms with Crippen LogP contribution in [0, 0.1) is 3.95 Å². The van der Waals surface area contributed by atoms with Crippen molar-refractivity contribution in [2.24, 2.45) is 0 Å². The van der Waals surface area contributed by atoms with E-state index in [1.54, 1.807) is 10.6 Å². The summed E-state index contributed by atoms with van der Waals surface area (Å²) in [7, 11) is 0. The number of carbonyl (C=O) groups is 1. The fourth-order valence-electron chi connectivity index (χ4n) is 3.28. The minimum atomic E-state index is -0.346. The number of anilines is 1. The molecular formula is C22H21N5O2S3. The molecule has 164 valence electrons. The number of hydrogen-bond acceptors (Lipinski definition) is 7. The SMILES string of the molecule is C=CCn1c(=S)sc2c(=O)n(CC(=O)Nc3nc(-c4ccc(CCC)cc4)cs3)cnc21. The van der Waals surface area contributed by atoms with Crippen LogP contribution in [-0.2, 0) is 24.3 Å². The van der Waals surface area contributed by atoms with Crippen molar-refractivity contribution in [3.63, 3.8) is 0 Å². The van der Waals surface area contributed by atoms with Crippen LogP contribution < -0.4 is 10.9 Å². The number of allylic oxidation sites excluding steroid dienone is 1. The topological polar surface area (TPSA) is 81.8 Å². The molecule has 1 N–H and O–H groups in total. The molecule has 0 saturated carbocycles. The number of fused-ring (bicyclic) bond motifs is 1. The standard InChI is InChI=1S/C22H21N5O2S3/c1-3-5-14-6-8-15(9-7-14)16-12-31-21(24-16)25-17(28)11-26-13-23-19-18(20(26)29)32-22(30)27(19)10-4-2/h4,6-9,12-13H,2-3,5,10-11H2,1H3,(H,24,25,28). The highest BCUT2D eigenvalue weighted by Gasteiger charge is 2.14. The Morgan fingerprint density at radius 3 is 2.81 bits per heavy atom. The van der Waals surface area contributed by atoms with Gasteiger partial charge in [0.15, 0.2) is 14.7 Å². The molecule has 0 fully saturated rings. The molecule has 7 nitrogen and oxygen atoms in total. The number of amides is 1. The average Bonchev–Trinajstić information content (AvgIpc) is 3.36. The van der Waals surface area contributed by atoms with Gasteiger partial charge in [-0.2, -0.15) is 0 Å². The van der Waals surface area contributed by atoms with Gasteiger partial charge in [0.05, 0.1) is 5.69 Å². The number of nitrogens with one attached hydrogen (secondary N) is 1. The predicted octanol–water partition coefficient (Wildman–Crippen LogP) is 4.89. The smallest absolute Gasteiger partial charge is 0.273 e. The highest BCUT2D eigenvalue weighted by molar-refractivity contribution is 7.73. The van der Waals surface area contributed by atoms with Crippen molar-refractivity contribution >= 4 is 56.3 Å². The summed E-state index contributed by atoms with van der Waals surface area (Å²) in [6.07, 6.45) is 5.22. The van der Waals surface area contributed by atoms with Gasteiger partial charge < -0.3 is 9.88 Å². The minimum Gasteiger partial charge on any atom is -0.304 e. The predicted molar refractivity (Wildman–Crippen MR) is 133 cm³/mol. The number of rotatable bonds is 8. The Kier molecular flexibility index (Phi) is 6.73. The Balaban J connectivity index is 1.48. The van der Waals surface area contributed by atoms with Crippen molar-refractivity contribution in [3.8, 4) is 11.3 Å². The van der Waals surface area contributed by atoms with Gasteiger partial charge in [0.25, 0.3) is 5.56 Å². The van der Waals surface area contributed by atoms with E-state index < -0.39 is 0 Å². The Morgan fingerprint density at radius 1 is 1.31 bits per heavy atom. The van der Waals surface area contributed by atoms with E-state index in [2.05, 4.69) is 40.9 Å². The van der Waals surface area contributed by atoms with Gasteiger partial charge in [0, 0.05) is 17.5 Å². The van der Waals surface area contributed by atoms with Crippen molar-refractivity contribution < 1.29 is 4.79 Å². The van der Waals surface area contributed by atoms with Crippen LogP contribution in [0.15, 0.2) is 53.4 Å². The summed E-state index contributed by atoms with van der Waals surface area (Å²) in [5.74, 6) is -0.346. The molecule has 32 heavy (non-hydrogen) atoms. The van der Waals surface area contributed by atoms with E-state index >= 15 is 0 Å². The number of hydrogen-bond donors (Lipinski definition) is 1. The molecule has 3 aromatic heterocycles. The molecule has 0 aliphatic carbocycles. The van der Waals surface area contributed by atoms with Crippen molar-refractivity contribution in [3.05, 3.63) is 68.5 Å². The van der Waals surface area contributed by atoms with E-state index in [-0.39, 0.29) is 18.0 Å². The first-order valence-corrected chi connectivity index (χ1v) is 12.1. The summed E-state index contributed by atoms with van der Waals surface area (Å²) in [5, 5.41) is 5.16. The van der Waals surface area contributed by atoms with Crippen LogP contribution in [0.5, 0.6) is 0 Å². The lowest BCUT2D eigenvalue weighted by molar-refractivity contribution is -0.116. The third kappa shape index (κ3) is 4.62. The quantitative estimate of drug-likeness (QED) is 0.285. The lowest BCUT2D eigenvalue weighted by atomic mass is 10.1. The zero-order valence-corrected chi connectivity index (χ0v) is 19.9. The van der Waals surface area contributed by atoms with E-state index in [0.29, 0.717) is 26.0 Å². The van der Waals surface area contributed by atoms with Crippen LogP contribution >= 0.6 is 34.9 Å². The second kappa shape index (κ2) is 9.68. The highest BCUT2D eigenvalue weighted by Crippen LogP contribution is 2.25. The second-order valence-electron chi connectivity index (χ2n) is 7.13. The van der Waals surface area contributed by atoms with Gasteiger partial charge in [0.1, 0.15) is 17.6 Å². The second-order valence-corrected chi connectivity index (χ2v) is 9.63. The molecule has 1 amide bonds. The average molecular weight is 484 g/mol. The summed E-state index contributed by atoms with van der Waals surface area (Å²) in [6.45, 7) is 6.18. The van der Waals surface area contributed by atoms with Crippen LogP contribution in [0.4, 0.5) is 5.13 Å². The number of nitrogens with zero attached hydrogens (tertiary/aromatic N) is 4. The molecule has 1 aromatic carbocycles. The monoisotopic (exact) mass is 483 g/mol. The summed E-state index contributed by atoms with van der Waals surface area (Å²) in [4.78, 5) is 34.2. The van der Waals surface area contributed by atoms with Crippen LogP contribution in [0.2, 0.25) is 0 Å². The van der Waals surface area contributed by atoms with Crippen LogP contribution in [0.3, 0.4) is 0 Å². The minimum absolute atomic E-state index is 0.158. The summed E-state index contributed by atoms with van der Waals surface area (Å²) in [5.41, 5.74) is 3.31. The molecular weight excluding hydrogens is 462 g/mol. The summed E-state index contributed by atoms with van der Waals surface area (Å²) in [6, 6.07) is 8.28. The van der Waals surface area contributed by atoms with E-state index in [9.17, 15) is 9.59 Å². The zero-order valence-electron chi connectivity index (χ0n) is 17.4. The van der Waals surface area contributed by atoms with Gasteiger partial charge >= 0.3 is 0 Å². The molecule has 0 bridgehead atoms. The van der Waals surface area contributed by atoms with Gasteiger partial charge in [-0.1, -0.05) is 55.0 Å². The maximum Gasteiger partial charge on any atom is 0.273 e. The van der Waals surface area contributed by atoms with Gasteiger partial charge in [-0.15, -0.1) is 17.9 Å². The zero-order chi connectivity index (χ0) is 22.7. The fourth-order valence-corrected chi connectivity index (χ4v) is 5.33. The van der Waals surface area contributed by atoms with Crippen LogP contribution in [0.1, 0.15) is 18.9 Å². The van der Waals surface area contributed by atoms with E-state index in [1.165, 1.54) is 39.1 Å². The highest BCUT2D eigenvalue weighted by atomic mass is 32.1. The Morgan fingerprint density at radius 2 is 2.09 bits per heavy atom. The maximum atomic E-state index is 12.8. The van der Waals surface area contributed by atoms with Crippen molar-refractivity contribution in [2.45, 2.75) is 32.9 Å². The van der Waals surface area contributed by atoms with Crippen LogP contribution in [0.25, 0.3) is 21.6 Å². The third-order valence-electron chi connectivity index (χ3n) is 4.81. The molecule has 0 spiro atoms. The lowest BCUT2D eigenvalue weighted by Gasteiger charge is -2.06. The molecule has 0 aliphatic heterocycles. The first-order chi connectivity index (χ1) is 15.5. The number of thiazole rings is 2. The van der Waals surface area contributed by atoms with Crippen LogP contribution in [-0.4, -0.2) is 25.0 Å². The number of carbonyl (C=O) groups excluding carboxylic acids is 1. The van der Waals surface area contributed by atoms with E-state index in [0.717, 1.165) is 24.1 Å². The molecule has 0 radical (unpaired) electrons. The molecule has 4 aromatic rings. The molecule has 0 aliphatic rings. The molecule has 0 unspecified atom stereocenters. The van der Waals surface area contributed by atoms with E-state index in [4.69, 9.17) is 12.2 Å². The van der Waals surface area contributed by atoms with E-state index in [1.807, 2.05) is 17.5 Å². The van der Waals surface area contributed by atoms with Crippen molar-refractivity contribution in [1.82, 2.24) is 19.1 Å². The fraction of sp³-hybridized carbons (Fsp3) is 0.227. The van der Waals surface area contributed by atoms with Crippen molar-refractivity contribution in [2.75, 3.05) is 5.32 Å². The molecule has 3 heterocycles. The maximum absolute atomic E-state index is 12.8. The number of aryl methyl sites for hydroxylation is 1. The first-order valence-electron chi connectivity index (χ1n) is 10.0. The van der Waals surface area contributed by atoms with Gasteiger partial charge in [-0.25, -0.2) is 9.97 Å². The van der Waals surface area contributed by atoms with Gasteiger partial charge in [-0.3, -0.25) is 14.2 Å².